The van der Waals surface area contributed by atoms with E-state index >= 15 is 0 Å². The summed E-state index contributed by atoms with van der Waals surface area (Å²) in [5.41, 5.74) is 8.35. The number of hydrogen-bond acceptors (Lipinski definition) is 6. The van der Waals surface area contributed by atoms with E-state index < -0.39 is 48.4 Å². The van der Waals surface area contributed by atoms with Crippen LogP contribution in [0.4, 0.5) is 0 Å². The molecule has 0 saturated carbocycles. The summed E-state index contributed by atoms with van der Waals surface area (Å²) in [7, 11) is 0. The second-order valence-electron chi connectivity index (χ2n) is 9.90. The molecular weight excluding hydrogens is 502 g/mol. The van der Waals surface area contributed by atoms with E-state index in [-0.39, 0.29) is 24.5 Å². The molecule has 0 aliphatic rings. The predicted molar refractivity (Wildman–Crippen MR) is 146 cm³/mol. The number of aromatic hydroxyl groups is 1. The maximum atomic E-state index is 13.6. The molecule has 0 aliphatic heterocycles. The summed E-state index contributed by atoms with van der Waals surface area (Å²) in [6, 6.07) is 10.6. The number of benzene rings is 2. The summed E-state index contributed by atoms with van der Waals surface area (Å²) in [5, 5.41) is 27.2. The molecule has 0 saturated heterocycles. The van der Waals surface area contributed by atoms with Gasteiger partial charge in [0.25, 0.3) is 0 Å². The van der Waals surface area contributed by atoms with Gasteiger partial charge in [0.05, 0.1) is 6.04 Å². The Morgan fingerprint density at radius 3 is 2.21 bits per heavy atom. The predicted octanol–water partition coefficient (Wildman–Crippen LogP) is 1.20. The first-order valence-corrected chi connectivity index (χ1v) is 12.7. The van der Waals surface area contributed by atoms with Crippen molar-refractivity contribution >= 4 is 34.6 Å². The molecule has 1 heterocycles. The van der Waals surface area contributed by atoms with Gasteiger partial charge in [-0.2, -0.15) is 0 Å². The number of phenols is 1. The number of amides is 3. The van der Waals surface area contributed by atoms with Crippen LogP contribution < -0.4 is 21.7 Å². The highest BCUT2D eigenvalue weighted by molar-refractivity contribution is 5.94. The third-order valence-corrected chi connectivity index (χ3v) is 6.22. The molecule has 0 bridgehead atoms. The zero-order valence-corrected chi connectivity index (χ0v) is 21.9. The molecular formula is C28H35N5O6. The van der Waals surface area contributed by atoms with Gasteiger partial charge in [0.15, 0.2) is 0 Å². The summed E-state index contributed by atoms with van der Waals surface area (Å²) in [6.45, 7) is 3.25. The maximum Gasteiger partial charge on any atom is 0.322 e. The molecule has 0 spiro atoms. The molecule has 11 nitrogen and oxygen atoms in total. The standard InChI is InChI=1S/C28H35N5O6/c1-16(2)11-21(29)26(37)32-24(13-18-14-30-22-6-4-3-5-20(18)22)28(39)33-23(27(38)31-15-25(35)36)12-17-7-9-19(34)10-8-17/h3-10,14,16,21,23-24,30,34H,11-13,15,29H2,1-2H3,(H,31,38)(H,32,37)(H,33,39)(H,35,36). The number of H-pyrrole nitrogens is 1. The number of carbonyl (C=O) groups is 4. The van der Waals surface area contributed by atoms with E-state index in [2.05, 4.69) is 20.9 Å². The minimum absolute atomic E-state index is 0.0259. The summed E-state index contributed by atoms with van der Waals surface area (Å²) in [6.07, 6.45) is 2.34. The van der Waals surface area contributed by atoms with Gasteiger partial charge in [0, 0.05) is 29.9 Å². The fourth-order valence-corrected chi connectivity index (χ4v) is 4.26. The number of carboxylic acids is 1. The van der Waals surface area contributed by atoms with Crippen molar-refractivity contribution in [1.82, 2.24) is 20.9 Å². The van der Waals surface area contributed by atoms with Crippen LogP contribution in [0.1, 0.15) is 31.4 Å². The van der Waals surface area contributed by atoms with Crippen molar-refractivity contribution < 1.29 is 29.4 Å². The highest BCUT2D eigenvalue weighted by Crippen LogP contribution is 2.20. The number of aliphatic carboxylic acids is 1. The molecule has 2 aromatic carbocycles. The number of fused-ring (bicyclic) bond motifs is 1. The van der Waals surface area contributed by atoms with Crippen LogP contribution in [0.2, 0.25) is 0 Å². The number of aromatic nitrogens is 1. The Bertz CT molecular complexity index is 1300. The van der Waals surface area contributed by atoms with Gasteiger partial charge < -0.3 is 36.9 Å². The smallest absolute Gasteiger partial charge is 0.322 e. The largest absolute Gasteiger partial charge is 0.508 e. The Morgan fingerprint density at radius 1 is 0.897 bits per heavy atom. The van der Waals surface area contributed by atoms with Crippen LogP contribution in [0.15, 0.2) is 54.7 Å². The maximum absolute atomic E-state index is 13.6. The molecule has 208 valence electrons. The lowest BCUT2D eigenvalue weighted by Crippen LogP contribution is -2.57. The fourth-order valence-electron chi connectivity index (χ4n) is 4.26. The SMILES string of the molecule is CC(C)CC(N)C(=O)NC(Cc1c[nH]c2ccccc12)C(=O)NC(Cc1ccc(O)cc1)C(=O)NCC(=O)O. The minimum atomic E-state index is -1.23. The average molecular weight is 538 g/mol. The Kier molecular flexibility index (Phi) is 10.0. The molecule has 3 amide bonds. The van der Waals surface area contributed by atoms with E-state index in [1.165, 1.54) is 12.1 Å². The molecule has 0 aliphatic carbocycles. The fraction of sp³-hybridized carbons (Fsp3) is 0.357. The molecule has 3 rings (SSSR count). The van der Waals surface area contributed by atoms with Crippen LogP contribution in [0, 0.1) is 5.92 Å². The van der Waals surface area contributed by atoms with Gasteiger partial charge in [-0.1, -0.05) is 44.2 Å². The van der Waals surface area contributed by atoms with Crippen LogP contribution in [0.5, 0.6) is 5.75 Å². The van der Waals surface area contributed by atoms with Crippen LogP contribution in [0.25, 0.3) is 10.9 Å². The number of para-hydroxylation sites is 1. The van der Waals surface area contributed by atoms with Crippen molar-refractivity contribution in [2.24, 2.45) is 11.7 Å². The molecule has 0 radical (unpaired) electrons. The second-order valence-corrected chi connectivity index (χ2v) is 9.90. The monoisotopic (exact) mass is 537 g/mol. The Balaban J connectivity index is 1.86. The van der Waals surface area contributed by atoms with Crippen molar-refractivity contribution in [1.29, 1.82) is 0 Å². The number of phenolic OH excluding ortho intramolecular Hbond substituents is 1. The summed E-state index contributed by atoms with van der Waals surface area (Å²) in [5.74, 6) is -2.85. The van der Waals surface area contributed by atoms with Gasteiger partial charge in [0.2, 0.25) is 17.7 Å². The van der Waals surface area contributed by atoms with Gasteiger partial charge in [-0.3, -0.25) is 19.2 Å². The number of rotatable bonds is 13. The molecule has 8 N–H and O–H groups in total. The molecule has 3 atom stereocenters. The molecule has 39 heavy (non-hydrogen) atoms. The minimum Gasteiger partial charge on any atom is -0.508 e. The highest BCUT2D eigenvalue weighted by Gasteiger charge is 2.29. The molecule has 11 heteroatoms. The van der Waals surface area contributed by atoms with E-state index in [1.807, 2.05) is 38.1 Å². The number of aromatic amines is 1. The first kappa shape index (κ1) is 29.2. The van der Waals surface area contributed by atoms with E-state index in [0.29, 0.717) is 12.0 Å². The Hall–Kier alpha value is -4.38. The van der Waals surface area contributed by atoms with Gasteiger partial charge >= 0.3 is 5.97 Å². The Labute approximate surface area is 226 Å². The van der Waals surface area contributed by atoms with E-state index in [9.17, 15) is 24.3 Å². The highest BCUT2D eigenvalue weighted by atomic mass is 16.4. The number of carbonyl (C=O) groups excluding carboxylic acids is 3. The second kappa shape index (κ2) is 13.4. The first-order chi connectivity index (χ1) is 18.5. The zero-order chi connectivity index (χ0) is 28.5. The lowest BCUT2D eigenvalue weighted by molar-refractivity contribution is -0.138. The molecule has 3 unspecified atom stereocenters. The topological polar surface area (TPSA) is 187 Å². The number of carboxylic acid groups (broad SMARTS) is 1. The summed E-state index contributed by atoms with van der Waals surface area (Å²) >= 11 is 0. The van der Waals surface area contributed by atoms with Crippen molar-refractivity contribution in [3.8, 4) is 5.75 Å². The summed E-state index contributed by atoms with van der Waals surface area (Å²) in [4.78, 5) is 53.5. The Morgan fingerprint density at radius 2 is 1.54 bits per heavy atom. The molecule has 1 aromatic heterocycles. The van der Waals surface area contributed by atoms with E-state index in [0.717, 1.165) is 16.5 Å². The van der Waals surface area contributed by atoms with Crippen molar-refractivity contribution in [2.75, 3.05) is 6.54 Å². The van der Waals surface area contributed by atoms with Gasteiger partial charge in [0.1, 0.15) is 24.4 Å². The van der Waals surface area contributed by atoms with Crippen LogP contribution in [-0.2, 0) is 32.0 Å². The first-order valence-electron chi connectivity index (χ1n) is 12.7. The summed E-state index contributed by atoms with van der Waals surface area (Å²) < 4.78 is 0. The van der Waals surface area contributed by atoms with Crippen molar-refractivity contribution in [2.45, 2.75) is 51.2 Å². The average Bonchev–Trinajstić information content (AvgIpc) is 3.30. The van der Waals surface area contributed by atoms with Crippen molar-refractivity contribution in [3.05, 3.63) is 65.9 Å². The normalized spacial score (nSPS) is 13.4. The van der Waals surface area contributed by atoms with E-state index in [4.69, 9.17) is 10.8 Å². The van der Waals surface area contributed by atoms with Gasteiger partial charge in [-0.25, -0.2) is 0 Å². The lowest BCUT2D eigenvalue weighted by Gasteiger charge is -2.24. The van der Waals surface area contributed by atoms with E-state index in [1.54, 1.807) is 18.3 Å². The number of hydrogen-bond donors (Lipinski definition) is 7. The quantitative estimate of drug-likeness (QED) is 0.171. The van der Waals surface area contributed by atoms with Crippen molar-refractivity contribution in [3.63, 3.8) is 0 Å². The lowest BCUT2D eigenvalue weighted by atomic mass is 10.0. The molecule has 3 aromatic rings. The number of nitrogens with one attached hydrogen (secondary N) is 4. The van der Waals surface area contributed by atoms with Crippen LogP contribution >= 0.6 is 0 Å². The van der Waals surface area contributed by atoms with Crippen LogP contribution in [0.3, 0.4) is 0 Å². The van der Waals surface area contributed by atoms with Gasteiger partial charge in [-0.15, -0.1) is 0 Å². The third-order valence-electron chi connectivity index (χ3n) is 6.22. The molecule has 0 fully saturated rings. The van der Waals surface area contributed by atoms with Gasteiger partial charge in [-0.05, 0) is 41.7 Å². The number of nitrogens with two attached hydrogens (primary N) is 1. The zero-order valence-electron chi connectivity index (χ0n) is 21.9. The van der Waals surface area contributed by atoms with Crippen LogP contribution in [-0.4, -0.2) is 63.6 Å². The third kappa shape index (κ3) is 8.57.